The zero-order valence-electron chi connectivity index (χ0n) is 15.2. The third-order valence-corrected chi connectivity index (χ3v) is 4.10. The smallest absolute Gasteiger partial charge is 0.241 e. The van der Waals surface area contributed by atoms with Gasteiger partial charge in [-0.15, -0.1) is 0 Å². The molecule has 0 aliphatic carbocycles. The van der Waals surface area contributed by atoms with E-state index in [-0.39, 0.29) is 18.1 Å². The number of carbonyl (C=O) groups excluding carboxylic acids is 2. The van der Waals surface area contributed by atoms with Gasteiger partial charge >= 0.3 is 0 Å². The Balaban J connectivity index is 1.81. The summed E-state index contributed by atoms with van der Waals surface area (Å²) in [6.45, 7) is 1.38. The lowest BCUT2D eigenvalue weighted by Gasteiger charge is -2.16. The van der Waals surface area contributed by atoms with Gasteiger partial charge in [0.05, 0.1) is 23.6 Å². The number of carbonyl (C=O) groups is 2. The molecule has 0 unspecified atom stereocenters. The summed E-state index contributed by atoms with van der Waals surface area (Å²) in [5, 5.41) is 12.1. The highest BCUT2D eigenvalue weighted by Gasteiger charge is 2.17. The molecule has 1 heterocycles. The van der Waals surface area contributed by atoms with Gasteiger partial charge in [0.15, 0.2) is 0 Å². The number of hydrogen-bond donors (Lipinski definition) is 4. The molecule has 1 atom stereocenters. The number of aromatic nitrogens is 2. The Labute approximate surface area is 161 Å². The molecule has 5 N–H and O–H groups in total. The van der Waals surface area contributed by atoms with Gasteiger partial charge in [0.25, 0.3) is 0 Å². The molecule has 0 spiro atoms. The normalized spacial score (nSPS) is 11.7. The van der Waals surface area contributed by atoms with E-state index < -0.39 is 11.9 Å². The van der Waals surface area contributed by atoms with E-state index in [1.54, 1.807) is 42.7 Å². The maximum Gasteiger partial charge on any atom is 0.241 e. The predicted octanol–water partition coefficient (Wildman–Crippen LogP) is 2.68. The van der Waals surface area contributed by atoms with Gasteiger partial charge in [0.2, 0.25) is 11.8 Å². The lowest BCUT2D eigenvalue weighted by Crippen LogP contribution is -2.37. The van der Waals surface area contributed by atoms with Crippen molar-refractivity contribution in [2.45, 2.75) is 19.4 Å². The van der Waals surface area contributed by atoms with Gasteiger partial charge in [-0.25, -0.2) is 4.39 Å². The summed E-state index contributed by atoms with van der Waals surface area (Å²) in [6, 6.07) is 10.3. The summed E-state index contributed by atoms with van der Waals surface area (Å²) < 4.78 is 13.3. The molecule has 2 amide bonds. The van der Waals surface area contributed by atoms with Crippen molar-refractivity contribution in [3.8, 4) is 11.1 Å². The Morgan fingerprint density at radius 3 is 2.64 bits per heavy atom. The van der Waals surface area contributed by atoms with Crippen LogP contribution in [0.25, 0.3) is 11.1 Å². The summed E-state index contributed by atoms with van der Waals surface area (Å²) in [5.74, 6) is -1.10. The molecule has 0 aliphatic heterocycles. The minimum absolute atomic E-state index is 0.181. The van der Waals surface area contributed by atoms with Gasteiger partial charge in [-0.05, 0) is 41.8 Å². The number of rotatable bonds is 6. The topological polar surface area (TPSA) is 113 Å². The highest BCUT2D eigenvalue weighted by Crippen LogP contribution is 2.29. The molecule has 0 aliphatic rings. The molecule has 7 nitrogen and oxygen atoms in total. The lowest BCUT2D eigenvalue weighted by molar-refractivity contribution is -0.117. The number of halogens is 1. The molecule has 0 radical (unpaired) electrons. The molecule has 0 bridgehead atoms. The standard InChI is InChI=1S/C20H20FN5O2/c1-12(27)25-18-6-5-14(15-10-23-24-11-15)9-19(18)26-20(28)17(22)8-13-3-2-4-16(21)7-13/h2-7,9-11,17H,8,22H2,1H3,(H,23,24)(H,25,27)(H,26,28)/t17-/m1/s1. The van der Waals surface area contributed by atoms with Crippen LogP contribution in [0.2, 0.25) is 0 Å². The molecular weight excluding hydrogens is 361 g/mol. The highest BCUT2D eigenvalue weighted by molar-refractivity contribution is 6.01. The van der Waals surface area contributed by atoms with Crippen LogP contribution in [0.15, 0.2) is 54.9 Å². The maximum atomic E-state index is 13.3. The van der Waals surface area contributed by atoms with Crippen molar-refractivity contribution in [2.75, 3.05) is 10.6 Å². The fourth-order valence-electron chi connectivity index (χ4n) is 2.77. The van der Waals surface area contributed by atoms with Gasteiger partial charge in [-0.2, -0.15) is 5.10 Å². The van der Waals surface area contributed by atoms with E-state index in [0.29, 0.717) is 16.9 Å². The van der Waals surface area contributed by atoms with Crippen LogP contribution in [0.3, 0.4) is 0 Å². The second kappa shape index (κ2) is 8.45. The van der Waals surface area contributed by atoms with Crippen molar-refractivity contribution in [1.82, 2.24) is 10.2 Å². The number of H-pyrrole nitrogens is 1. The highest BCUT2D eigenvalue weighted by atomic mass is 19.1. The first kappa shape index (κ1) is 19.2. The van der Waals surface area contributed by atoms with Crippen LogP contribution < -0.4 is 16.4 Å². The Bertz CT molecular complexity index is 988. The van der Waals surface area contributed by atoms with Crippen molar-refractivity contribution in [3.63, 3.8) is 0 Å². The Morgan fingerprint density at radius 2 is 1.96 bits per heavy atom. The molecule has 144 valence electrons. The van der Waals surface area contributed by atoms with E-state index in [2.05, 4.69) is 20.8 Å². The molecule has 0 fully saturated rings. The average molecular weight is 381 g/mol. The van der Waals surface area contributed by atoms with E-state index in [1.807, 2.05) is 0 Å². The van der Waals surface area contributed by atoms with Gasteiger partial charge in [-0.1, -0.05) is 18.2 Å². The van der Waals surface area contributed by atoms with Crippen LogP contribution in [0, 0.1) is 5.82 Å². The van der Waals surface area contributed by atoms with Crippen LogP contribution >= 0.6 is 0 Å². The molecule has 0 saturated heterocycles. The number of benzene rings is 2. The molecule has 3 aromatic rings. The summed E-state index contributed by atoms with van der Waals surface area (Å²) in [6.07, 6.45) is 3.55. The van der Waals surface area contributed by atoms with Crippen molar-refractivity contribution >= 4 is 23.2 Å². The molecule has 0 saturated carbocycles. The minimum atomic E-state index is -0.885. The van der Waals surface area contributed by atoms with Gasteiger partial charge < -0.3 is 16.4 Å². The minimum Gasteiger partial charge on any atom is -0.325 e. The van der Waals surface area contributed by atoms with E-state index in [4.69, 9.17) is 5.73 Å². The maximum absolute atomic E-state index is 13.3. The number of aromatic amines is 1. The Morgan fingerprint density at radius 1 is 1.14 bits per heavy atom. The molecule has 1 aromatic heterocycles. The fraction of sp³-hybridized carbons (Fsp3) is 0.150. The van der Waals surface area contributed by atoms with E-state index in [1.165, 1.54) is 19.1 Å². The van der Waals surface area contributed by atoms with Crippen LogP contribution in [0.4, 0.5) is 15.8 Å². The molecule has 8 heteroatoms. The van der Waals surface area contributed by atoms with Crippen molar-refractivity contribution in [2.24, 2.45) is 5.73 Å². The summed E-state index contributed by atoms with van der Waals surface area (Å²) >= 11 is 0. The van der Waals surface area contributed by atoms with Crippen LogP contribution in [-0.4, -0.2) is 28.1 Å². The van der Waals surface area contributed by atoms with Crippen LogP contribution in [0.5, 0.6) is 0 Å². The molecule has 2 aromatic carbocycles. The third-order valence-electron chi connectivity index (χ3n) is 4.10. The first-order valence-electron chi connectivity index (χ1n) is 8.64. The number of anilines is 2. The van der Waals surface area contributed by atoms with E-state index in [9.17, 15) is 14.0 Å². The van der Waals surface area contributed by atoms with Crippen molar-refractivity contribution in [3.05, 3.63) is 66.2 Å². The second-order valence-corrected chi connectivity index (χ2v) is 6.36. The van der Waals surface area contributed by atoms with Gasteiger partial charge in [0.1, 0.15) is 5.82 Å². The average Bonchev–Trinajstić information content (AvgIpc) is 3.17. The van der Waals surface area contributed by atoms with Crippen LogP contribution in [0.1, 0.15) is 12.5 Å². The zero-order valence-corrected chi connectivity index (χ0v) is 15.2. The molecule has 3 rings (SSSR count). The fourth-order valence-corrected chi connectivity index (χ4v) is 2.77. The third kappa shape index (κ3) is 4.80. The van der Waals surface area contributed by atoms with Gasteiger partial charge in [-0.3, -0.25) is 14.7 Å². The Kier molecular flexibility index (Phi) is 5.81. The first-order valence-corrected chi connectivity index (χ1v) is 8.64. The zero-order chi connectivity index (χ0) is 20.1. The number of nitrogens with zero attached hydrogens (tertiary/aromatic N) is 1. The summed E-state index contributed by atoms with van der Waals surface area (Å²) in [7, 11) is 0. The Hall–Kier alpha value is -3.52. The number of nitrogens with two attached hydrogens (primary N) is 1. The van der Waals surface area contributed by atoms with Crippen molar-refractivity contribution in [1.29, 1.82) is 0 Å². The van der Waals surface area contributed by atoms with Gasteiger partial charge in [0, 0.05) is 18.7 Å². The first-order chi connectivity index (χ1) is 13.4. The van der Waals surface area contributed by atoms with Crippen molar-refractivity contribution < 1.29 is 14.0 Å². The van der Waals surface area contributed by atoms with E-state index in [0.717, 1.165) is 11.1 Å². The van der Waals surface area contributed by atoms with E-state index >= 15 is 0 Å². The quantitative estimate of drug-likeness (QED) is 0.526. The number of hydrogen-bond acceptors (Lipinski definition) is 4. The largest absolute Gasteiger partial charge is 0.325 e. The second-order valence-electron chi connectivity index (χ2n) is 6.36. The lowest BCUT2D eigenvalue weighted by atomic mass is 10.0. The summed E-state index contributed by atoms with van der Waals surface area (Å²) in [4.78, 5) is 24.0. The number of nitrogens with one attached hydrogen (secondary N) is 3. The number of amides is 2. The summed E-state index contributed by atoms with van der Waals surface area (Å²) in [5.41, 5.74) is 9.11. The molecule has 28 heavy (non-hydrogen) atoms. The SMILES string of the molecule is CC(=O)Nc1ccc(-c2cn[nH]c2)cc1NC(=O)[C@H](N)Cc1cccc(F)c1. The molecular formula is C20H20FN5O2. The van der Waals surface area contributed by atoms with Crippen LogP contribution in [-0.2, 0) is 16.0 Å². The monoisotopic (exact) mass is 381 g/mol. The predicted molar refractivity (Wildman–Crippen MR) is 105 cm³/mol.